The second kappa shape index (κ2) is 5.53. The van der Waals surface area contributed by atoms with Gasteiger partial charge in [0, 0.05) is 13.1 Å². The van der Waals surface area contributed by atoms with Crippen LogP contribution in [0.4, 0.5) is 4.79 Å². The monoisotopic (exact) mass is 249 g/mol. The number of likely N-dealkylation sites (tertiary alicyclic amines) is 1. The minimum Gasteiger partial charge on any atom is -0.469 e. The highest BCUT2D eigenvalue weighted by atomic mass is 16.6. The van der Waals surface area contributed by atoms with E-state index in [0.29, 0.717) is 25.3 Å². The summed E-state index contributed by atoms with van der Waals surface area (Å²) in [6, 6.07) is 8.87. The molecule has 18 heavy (non-hydrogen) atoms. The number of carbonyl (C=O) groups is 2. The second-order valence-electron chi connectivity index (χ2n) is 4.14. The van der Waals surface area contributed by atoms with Gasteiger partial charge in [0.25, 0.3) is 0 Å². The number of esters is 1. The van der Waals surface area contributed by atoms with Gasteiger partial charge in [-0.25, -0.2) is 4.79 Å². The summed E-state index contributed by atoms with van der Waals surface area (Å²) in [7, 11) is 1.35. The first-order chi connectivity index (χ1) is 8.70. The number of benzene rings is 1. The Balaban J connectivity index is 1.90. The average Bonchev–Trinajstić information content (AvgIpc) is 2.88. The lowest BCUT2D eigenvalue weighted by Crippen LogP contribution is -2.32. The van der Waals surface area contributed by atoms with E-state index in [9.17, 15) is 9.59 Å². The van der Waals surface area contributed by atoms with Crippen LogP contribution in [0.5, 0.6) is 5.75 Å². The number of ether oxygens (including phenoxy) is 2. The molecule has 0 bridgehead atoms. The number of hydrogen-bond acceptors (Lipinski definition) is 4. The number of nitrogens with zero attached hydrogens (tertiary/aromatic N) is 1. The van der Waals surface area contributed by atoms with Crippen molar-refractivity contribution in [2.75, 3.05) is 20.2 Å². The van der Waals surface area contributed by atoms with Gasteiger partial charge in [-0.2, -0.15) is 0 Å². The molecule has 1 fully saturated rings. The maximum atomic E-state index is 11.8. The Kier molecular flexibility index (Phi) is 3.82. The maximum Gasteiger partial charge on any atom is 0.415 e. The maximum absolute atomic E-state index is 11.8. The molecule has 0 saturated carbocycles. The van der Waals surface area contributed by atoms with Crippen molar-refractivity contribution in [3.8, 4) is 5.75 Å². The Hall–Kier alpha value is -2.04. The van der Waals surface area contributed by atoms with Gasteiger partial charge in [0.1, 0.15) is 5.75 Å². The van der Waals surface area contributed by atoms with Crippen molar-refractivity contribution >= 4 is 12.1 Å². The summed E-state index contributed by atoms with van der Waals surface area (Å²) in [5.41, 5.74) is 0. The van der Waals surface area contributed by atoms with Crippen LogP contribution in [-0.4, -0.2) is 37.2 Å². The lowest BCUT2D eigenvalue weighted by atomic mass is 10.1. The van der Waals surface area contributed by atoms with Gasteiger partial charge in [0.2, 0.25) is 0 Å². The highest BCUT2D eigenvalue weighted by molar-refractivity contribution is 5.76. The summed E-state index contributed by atoms with van der Waals surface area (Å²) in [4.78, 5) is 24.7. The van der Waals surface area contributed by atoms with Gasteiger partial charge in [-0.3, -0.25) is 4.79 Å². The zero-order valence-electron chi connectivity index (χ0n) is 10.2. The molecule has 0 radical (unpaired) electrons. The molecule has 1 aliphatic heterocycles. The Morgan fingerprint density at radius 1 is 1.28 bits per heavy atom. The van der Waals surface area contributed by atoms with Crippen LogP contribution in [0.15, 0.2) is 30.3 Å². The van der Waals surface area contributed by atoms with Crippen LogP contribution in [-0.2, 0) is 9.53 Å². The predicted molar refractivity (Wildman–Crippen MR) is 64.2 cm³/mol. The highest BCUT2D eigenvalue weighted by Crippen LogP contribution is 2.19. The van der Waals surface area contributed by atoms with Crippen LogP contribution in [0, 0.1) is 5.92 Å². The molecule has 1 aromatic carbocycles. The SMILES string of the molecule is COC(=O)C1CCN(C(=O)Oc2ccccc2)C1. The molecule has 0 N–H and O–H groups in total. The molecule has 2 rings (SSSR count). The van der Waals surface area contributed by atoms with Gasteiger partial charge in [-0.05, 0) is 18.6 Å². The Bertz CT molecular complexity index is 432. The van der Waals surface area contributed by atoms with E-state index in [1.165, 1.54) is 12.0 Å². The van der Waals surface area contributed by atoms with Crippen molar-refractivity contribution < 1.29 is 19.1 Å². The Morgan fingerprint density at radius 3 is 2.67 bits per heavy atom. The Labute approximate surface area is 105 Å². The van der Waals surface area contributed by atoms with Crippen LogP contribution in [0.2, 0.25) is 0 Å². The molecule has 1 aromatic rings. The molecular formula is C13H15NO4. The number of hydrogen-bond donors (Lipinski definition) is 0. The van der Waals surface area contributed by atoms with Crippen molar-refractivity contribution in [2.24, 2.45) is 5.92 Å². The molecule has 0 spiro atoms. The number of carbonyl (C=O) groups excluding carboxylic acids is 2. The van der Waals surface area contributed by atoms with Gasteiger partial charge in [-0.1, -0.05) is 18.2 Å². The molecule has 96 valence electrons. The fourth-order valence-electron chi connectivity index (χ4n) is 1.94. The average molecular weight is 249 g/mol. The molecule has 5 nitrogen and oxygen atoms in total. The lowest BCUT2D eigenvalue weighted by molar-refractivity contribution is -0.144. The third-order valence-corrected chi connectivity index (χ3v) is 2.93. The molecule has 1 amide bonds. The summed E-state index contributed by atoms with van der Waals surface area (Å²) in [6.45, 7) is 0.879. The zero-order chi connectivity index (χ0) is 13.0. The van der Waals surface area contributed by atoms with E-state index in [1.54, 1.807) is 24.3 Å². The number of methoxy groups -OCH3 is 1. The number of rotatable bonds is 2. The molecular weight excluding hydrogens is 234 g/mol. The van der Waals surface area contributed by atoms with Gasteiger partial charge in [-0.15, -0.1) is 0 Å². The van der Waals surface area contributed by atoms with Crippen molar-refractivity contribution in [2.45, 2.75) is 6.42 Å². The van der Waals surface area contributed by atoms with Crippen molar-refractivity contribution in [3.63, 3.8) is 0 Å². The molecule has 1 aliphatic rings. The molecule has 0 aliphatic carbocycles. The third-order valence-electron chi connectivity index (χ3n) is 2.93. The van der Waals surface area contributed by atoms with E-state index in [4.69, 9.17) is 4.74 Å². The van der Waals surface area contributed by atoms with E-state index in [2.05, 4.69) is 4.74 Å². The summed E-state index contributed by atoms with van der Waals surface area (Å²) < 4.78 is 9.86. The normalized spacial score (nSPS) is 18.5. The topological polar surface area (TPSA) is 55.8 Å². The van der Waals surface area contributed by atoms with Crippen molar-refractivity contribution in [3.05, 3.63) is 30.3 Å². The van der Waals surface area contributed by atoms with E-state index < -0.39 is 6.09 Å². The standard InChI is InChI=1S/C13H15NO4/c1-17-12(15)10-7-8-14(9-10)13(16)18-11-5-3-2-4-6-11/h2-6,10H,7-9H2,1H3. The fraction of sp³-hybridized carbons (Fsp3) is 0.385. The van der Waals surface area contributed by atoms with Crippen LogP contribution >= 0.6 is 0 Å². The molecule has 1 saturated heterocycles. The summed E-state index contributed by atoms with van der Waals surface area (Å²) in [5, 5.41) is 0. The zero-order valence-corrected chi connectivity index (χ0v) is 10.2. The third kappa shape index (κ3) is 2.80. The van der Waals surface area contributed by atoms with Gasteiger partial charge < -0.3 is 14.4 Å². The van der Waals surface area contributed by atoms with Crippen molar-refractivity contribution in [1.82, 2.24) is 4.90 Å². The smallest absolute Gasteiger partial charge is 0.415 e. The summed E-state index contributed by atoms with van der Waals surface area (Å²) in [5.74, 6) is -0.00708. The Morgan fingerprint density at radius 2 is 2.00 bits per heavy atom. The number of amides is 1. The van der Waals surface area contributed by atoms with E-state index >= 15 is 0 Å². The van der Waals surface area contributed by atoms with E-state index in [0.717, 1.165) is 0 Å². The van der Waals surface area contributed by atoms with Gasteiger partial charge in [0.15, 0.2) is 0 Å². The molecule has 1 unspecified atom stereocenters. The van der Waals surface area contributed by atoms with Crippen LogP contribution < -0.4 is 4.74 Å². The minimum absolute atomic E-state index is 0.238. The molecule has 1 heterocycles. The highest BCUT2D eigenvalue weighted by Gasteiger charge is 2.32. The van der Waals surface area contributed by atoms with E-state index in [-0.39, 0.29) is 11.9 Å². The molecule has 1 atom stereocenters. The first-order valence-corrected chi connectivity index (χ1v) is 5.80. The van der Waals surface area contributed by atoms with E-state index in [1.807, 2.05) is 6.07 Å². The quantitative estimate of drug-likeness (QED) is 0.748. The largest absolute Gasteiger partial charge is 0.469 e. The molecule has 0 aromatic heterocycles. The first-order valence-electron chi connectivity index (χ1n) is 5.80. The van der Waals surface area contributed by atoms with Gasteiger partial charge in [0.05, 0.1) is 13.0 Å². The second-order valence-corrected chi connectivity index (χ2v) is 4.14. The lowest BCUT2D eigenvalue weighted by Gasteiger charge is -2.15. The summed E-state index contributed by atoms with van der Waals surface area (Å²) in [6.07, 6.45) is 0.198. The number of para-hydroxylation sites is 1. The first kappa shape index (κ1) is 12.4. The predicted octanol–water partition coefficient (Wildman–Crippen LogP) is 1.68. The minimum atomic E-state index is -0.424. The van der Waals surface area contributed by atoms with Crippen LogP contribution in [0.1, 0.15) is 6.42 Å². The van der Waals surface area contributed by atoms with Crippen LogP contribution in [0.3, 0.4) is 0 Å². The fourth-order valence-corrected chi connectivity index (χ4v) is 1.94. The van der Waals surface area contributed by atoms with Crippen molar-refractivity contribution in [1.29, 1.82) is 0 Å². The summed E-state index contributed by atoms with van der Waals surface area (Å²) >= 11 is 0. The van der Waals surface area contributed by atoms with Gasteiger partial charge >= 0.3 is 12.1 Å². The molecule has 5 heteroatoms. The van der Waals surface area contributed by atoms with Crippen LogP contribution in [0.25, 0.3) is 0 Å².